The zero-order chi connectivity index (χ0) is 11.5. The van der Waals surface area contributed by atoms with Gasteiger partial charge in [0, 0.05) is 6.54 Å². The van der Waals surface area contributed by atoms with Crippen molar-refractivity contribution in [3.63, 3.8) is 0 Å². The van der Waals surface area contributed by atoms with E-state index in [9.17, 15) is 4.79 Å². The van der Waals surface area contributed by atoms with Crippen molar-refractivity contribution >= 4 is 5.91 Å². The van der Waals surface area contributed by atoms with Gasteiger partial charge in [0.15, 0.2) is 0 Å². The highest BCUT2D eigenvalue weighted by Crippen LogP contribution is 2.28. The molecule has 1 aromatic rings. The van der Waals surface area contributed by atoms with E-state index in [0.29, 0.717) is 6.54 Å². The quantitative estimate of drug-likeness (QED) is 0.765. The molecule has 5 nitrogen and oxygen atoms in total. The van der Waals surface area contributed by atoms with E-state index in [4.69, 9.17) is 15.9 Å². The van der Waals surface area contributed by atoms with Gasteiger partial charge in [-0.15, -0.1) is 0 Å². The second kappa shape index (κ2) is 4.67. The van der Waals surface area contributed by atoms with E-state index in [0.717, 1.165) is 25.1 Å². The van der Waals surface area contributed by atoms with Crippen LogP contribution in [0.3, 0.4) is 0 Å². The lowest BCUT2D eigenvalue weighted by Crippen LogP contribution is -2.44. The number of nitrogens with two attached hydrogens (primary N) is 2. The fourth-order valence-electron chi connectivity index (χ4n) is 2.36. The first kappa shape index (κ1) is 11.2. The van der Waals surface area contributed by atoms with Crippen LogP contribution in [0, 0.1) is 0 Å². The van der Waals surface area contributed by atoms with Gasteiger partial charge in [-0.1, -0.05) is 0 Å². The molecule has 0 aromatic carbocycles. The number of furan rings is 1. The standard InChI is InChI=1S/C11H17N3O2/c12-7-9(10-4-2-6-16-10)14-5-1-3-8(14)11(13)15/h2,4,6,8-9H,1,3,5,7,12H2,(H2,13,15). The van der Waals surface area contributed by atoms with Gasteiger partial charge in [-0.25, -0.2) is 0 Å². The summed E-state index contributed by atoms with van der Waals surface area (Å²) in [6, 6.07) is 3.45. The molecule has 2 heterocycles. The molecule has 16 heavy (non-hydrogen) atoms. The SMILES string of the molecule is NCC(c1ccco1)N1CCCC1C(N)=O. The summed E-state index contributed by atoms with van der Waals surface area (Å²) in [5.74, 6) is 0.526. The first-order valence-corrected chi connectivity index (χ1v) is 5.52. The minimum absolute atomic E-state index is 0.0463. The average Bonchev–Trinajstić information content (AvgIpc) is 2.88. The van der Waals surface area contributed by atoms with Gasteiger partial charge in [-0.3, -0.25) is 9.69 Å². The van der Waals surface area contributed by atoms with Gasteiger partial charge in [0.2, 0.25) is 5.91 Å². The fourth-order valence-corrected chi connectivity index (χ4v) is 2.36. The summed E-state index contributed by atoms with van der Waals surface area (Å²) < 4.78 is 5.35. The average molecular weight is 223 g/mol. The van der Waals surface area contributed by atoms with Crippen LogP contribution in [0.1, 0.15) is 24.6 Å². The predicted molar refractivity (Wildman–Crippen MR) is 59.4 cm³/mol. The fraction of sp³-hybridized carbons (Fsp3) is 0.545. The van der Waals surface area contributed by atoms with E-state index in [1.54, 1.807) is 6.26 Å². The number of hydrogen-bond acceptors (Lipinski definition) is 4. The molecule has 5 heteroatoms. The van der Waals surface area contributed by atoms with Crippen LogP contribution in [0.5, 0.6) is 0 Å². The summed E-state index contributed by atoms with van der Waals surface area (Å²) >= 11 is 0. The molecule has 1 saturated heterocycles. The molecule has 0 aliphatic carbocycles. The Morgan fingerprint density at radius 2 is 2.50 bits per heavy atom. The molecule has 0 radical (unpaired) electrons. The number of nitrogens with zero attached hydrogens (tertiary/aromatic N) is 1. The van der Waals surface area contributed by atoms with E-state index in [1.807, 2.05) is 17.0 Å². The normalized spacial score (nSPS) is 23.4. The van der Waals surface area contributed by atoms with Crippen molar-refractivity contribution in [3.05, 3.63) is 24.2 Å². The van der Waals surface area contributed by atoms with Gasteiger partial charge in [-0.05, 0) is 31.5 Å². The van der Waals surface area contributed by atoms with Gasteiger partial charge in [-0.2, -0.15) is 0 Å². The van der Waals surface area contributed by atoms with Crippen molar-refractivity contribution < 1.29 is 9.21 Å². The van der Waals surface area contributed by atoms with Crippen molar-refractivity contribution in [2.45, 2.75) is 24.9 Å². The summed E-state index contributed by atoms with van der Waals surface area (Å²) in [5.41, 5.74) is 11.1. The number of hydrogen-bond donors (Lipinski definition) is 2. The highest BCUT2D eigenvalue weighted by atomic mass is 16.3. The second-order valence-corrected chi connectivity index (χ2v) is 4.07. The Morgan fingerprint density at radius 1 is 1.69 bits per heavy atom. The molecule has 1 aliphatic rings. The minimum atomic E-state index is -0.275. The molecule has 4 N–H and O–H groups in total. The lowest BCUT2D eigenvalue weighted by atomic mass is 10.1. The van der Waals surface area contributed by atoms with Crippen LogP contribution in [0.4, 0.5) is 0 Å². The van der Waals surface area contributed by atoms with Crippen LogP contribution in [-0.2, 0) is 4.79 Å². The lowest BCUT2D eigenvalue weighted by Gasteiger charge is -2.29. The zero-order valence-corrected chi connectivity index (χ0v) is 9.13. The van der Waals surface area contributed by atoms with Crippen LogP contribution in [0.25, 0.3) is 0 Å². The minimum Gasteiger partial charge on any atom is -0.468 e. The van der Waals surface area contributed by atoms with Crippen molar-refractivity contribution in [2.75, 3.05) is 13.1 Å². The van der Waals surface area contributed by atoms with E-state index in [2.05, 4.69) is 0 Å². The summed E-state index contributed by atoms with van der Waals surface area (Å²) in [7, 11) is 0. The number of amides is 1. The molecule has 0 bridgehead atoms. The molecule has 1 aliphatic heterocycles. The number of carbonyl (C=O) groups is 1. The molecule has 0 saturated carbocycles. The number of primary amides is 1. The molecule has 88 valence electrons. The summed E-state index contributed by atoms with van der Waals surface area (Å²) in [4.78, 5) is 13.4. The van der Waals surface area contributed by atoms with Crippen LogP contribution in [-0.4, -0.2) is 29.9 Å². The van der Waals surface area contributed by atoms with Gasteiger partial charge in [0.1, 0.15) is 5.76 Å². The van der Waals surface area contributed by atoms with Crippen molar-refractivity contribution in [1.29, 1.82) is 0 Å². The van der Waals surface area contributed by atoms with Gasteiger partial charge in [0.05, 0.1) is 18.3 Å². The van der Waals surface area contributed by atoms with Gasteiger partial charge in [0.25, 0.3) is 0 Å². The Balaban J connectivity index is 2.18. The van der Waals surface area contributed by atoms with E-state index >= 15 is 0 Å². The van der Waals surface area contributed by atoms with Crippen molar-refractivity contribution in [3.8, 4) is 0 Å². The van der Waals surface area contributed by atoms with Crippen LogP contribution in [0.15, 0.2) is 22.8 Å². The van der Waals surface area contributed by atoms with Crippen LogP contribution in [0.2, 0.25) is 0 Å². The van der Waals surface area contributed by atoms with E-state index < -0.39 is 0 Å². The summed E-state index contributed by atoms with van der Waals surface area (Å²) in [6.45, 7) is 1.27. The Morgan fingerprint density at radius 3 is 3.06 bits per heavy atom. The molecular weight excluding hydrogens is 206 g/mol. The number of rotatable bonds is 4. The molecule has 1 fully saturated rings. The number of likely N-dealkylation sites (tertiary alicyclic amines) is 1. The zero-order valence-electron chi connectivity index (χ0n) is 9.13. The maximum absolute atomic E-state index is 11.3. The molecular formula is C11H17N3O2. The Labute approximate surface area is 94.4 Å². The molecule has 1 aromatic heterocycles. The molecule has 2 rings (SSSR count). The third-order valence-electron chi connectivity index (χ3n) is 3.12. The molecule has 2 atom stereocenters. The highest BCUT2D eigenvalue weighted by Gasteiger charge is 2.35. The second-order valence-electron chi connectivity index (χ2n) is 4.07. The smallest absolute Gasteiger partial charge is 0.234 e. The largest absolute Gasteiger partial charge is 0.468 e. The maximum atomic E-state index is 11.3. The maximum Gasteiger partial charge on any atom is 0.234 e. The monoisotopic (exact) mass is 223 g/mol. The van der Waals surface area contributed by atoms with Crippen molar-refractivity contribution in [2.24, 2.45) is 11.5 Å². The molecule has 1 amide bonds. The van der Waals surface area contributed by atoms with E-state index in [1.165, 1.54) is 0 Å². The van der Waals surface area contributed by atoms with Crippen molar-refractivity contribution in [1.82, 2.24) is 4.90 Å². The third kappa shape index (κ3) is 1.96. The Hall–Kier alpha value is -1.33. The Bertz CT molecular complexity index is 350. The predicted octanol–water partition coefficient (Wildman–Crippen LogP) is 0.229. The van der Waals surface area contributed by atoms with Crippen LogP contribution < -0.4 is 11.5 Å². The third-order valence-corrected chi connectivity index (χ3v) is 3.12. The molecule has 0 spiro atoms. The molecule has 2 unspecified atom stereocenters. The number of carbonyl (C=O) groups excluding carboxylic acids is 1. The first-order chi connectivity index (χ1) is 7.74. The van der Waals surface area contributed by atoms with Gasteiger partial charge < -0.3 is 15.9 Å². The highest BCUT2D eigenvalue weighted by molar-refractivity contribution is 5.80. The topological polar surface area (TPSA) is 85.5 Å². The van der Waals surface area contributed by atoms with E-state index in [-0.39, 0.29) is 18.0 Å². The Kier molecular flexibility index (Phi) is 3.26. The first-order valence-electron chi connectivity index (χ1n) is 5.52. The lowest BCUT2D eigenvalue weighted by molar-refractivity contribution is -0.123. The summed E-state index contributed by atoms with van der Waals surface area (Å²) in [5, 5.41) is 0. The van der Waals surface area contributed by atoms with Gasteiger partial charge >= 0.3 is 0 Å². The van der Waals surface area contributed by atoms with Crippen LogP contribution >= 0.6 is 0 Å². The summed E-state index contributed by atoms with van der Waals surface area (Å²) in [6.07, 6.45) is 3.41.